The van der Waals surface area contributed by atoms with Gasteiger partial charge < -0.3 is 38.7 Å². The van der Waals surface area contributed by atoms with Gasteiger partial charge in [-0.25, -0.2) is 0 Å². The molecule has 0 radical (unpaired) electrons. The van der Waals surface area contributed by atoms with Crippen molar-refractivity contribution in [2.24, 2.45) is 33.5 Å². The first kappa shape index (κ1) is 27.5. The number of rotatable bonds is 3. The number of carbonyl (C=O) groups excluding carboxylic acids is 3. The maximum absolute atomic E-state index is 15.0. The number of ketones is 1. The molecule has 1 spiro atoms. The Balaban J connectivity index is 1.44. The monoisotopic (exact) mass is 574 g/mol. The molecule has 6 fully saturated rings. The van der Waals surface area contributed by atoms with E-state index >= 15 is 4.79 Å². The summed E-state index contributed by atoms with van der Waals surface area (Å²) in [4.78, 5) is 39.7. The third-order valence-corrected chi connectivity index (χ3v) is 12.6. The van der Waals surface area contributed by atoms with Crippen LogP contribution in [0.4, 0.5) is 0 Å². The fraction of sp³-hybridized carbons (Fsp3) is 0.767. The van der Waals surface area contributed by atoms with Crippen molar-refractivity contribution in [1.29, 1.82) is 0 Å². The highest BCUT2D eigenvalue weighted by molar-refractivity contribution is 5.93. The fourth-order valence-electron chi connectivity index (χ4n) is 11.0. The smallest absolute Gasteiger partial charge is 0.303 e. The molecule has 1 aromatic rings. The summed E-state index contributed by atoms with van der Waals surface area (Å²) in [6.07, 6.45) is -2.27. The summed E-state index contributed by atoms with van der Waals surface area (Å²) in [5.74, 6) is -3.56. The van der Waals surface area contributed by atoms with Crippen LogP contribution in [0.1, 0.15) is 65.4 Å². The van der Waals surface area contributed by atoms with Crippen molar-refractivity contribution in [3.05, 3.63) is 24.2 Å². The molecular weight excluding hydrogens is 536 g/mol. The van der Waals surface area contributed by atoms with Gasteiger partial charge in [0.2, 0.25) is 0 Å². The van der Waals surface area contributed by atoms with Gasteiger partial charge in [0.05, 0.1) is 48.3 Å². The summed E-state index contributed by atoms with van der Waals surface area (Å²) >= 11 is 0. The number of Topliss-reactive ketones (excluding diaryl/α,β-unsaturated/α-hetero) is 1. The standard InChI is InChI=1S/C30H38O11/c1-13(31)39-20-10-19(34)29-12-38-25(36)26(20,3)17(29)9-18(33)28(5)23(29)22(35)24(40-14(2)32)27(4)16(15-6-7-37-11-15)8-21-30(27,28)41-21/h6-7,11,16-21,23-25,33-34,36H,8-10,12H2,1-5H3/t16-,17?,18+,19-,20+,21+,23-,24-,25?,26-,27+,28+,29+,30+/m0/s1. The van der Waals surface area contributed by atoms with Gasteiger partial charge in [0.15, 0.2) is 18.2 Å². The molecule has 3 heterocycles. The first-order chi connectivity index (χ1) is 19.2. The number of aliphatic hydroxyl groups excluding tert-OH is 3. The van der Waals surface area contributed by atoms with Gasteiger partial charge in [0.25, 0.3) is 0 Å². The van der Waals surface area contributed by atoms with Crippen molar-refractivity contribution in [2.75, 3.05) is 6.61 Å². The second kappa shape index (κ2) is 8.19. The summed E-state index contributed by atoms with van der Waals surface area (Å²) in [6.45, 7) is 7.85. The highest BCUT2D eigenvalue weighted by Crippen LogP contribution is 2.82. The summed E-state index contributed by atoms with van der Waals surface area (Å²) in [7, 11) is 0. The maximum atomic E-state index is 15.0. The summed E-state index contributed by atoms with van der Waals surface area (Å²) < 4.78 is 29.5. The summed E-state index contributed by atoms with van der Waals surface area (Å²) in [5.41, 5.74) is -4.93. The molecule has 14 atom stereocenters. The van der Waals surface area contributed by atoms with Crippen LogP contribution in [0.3, 0.4) is 0 Å². The minimum atomic E-state index is -1.36. The Morgan fingerprint density at radius 3 is 2.32 bits per heavy atom. The van der Waals surface area contributed by atoms with Crippen LogP contribution >= 0.6 is 0 Å². The number of carbonyl (C=O) groups is 3. The number of aliphatic hydroxyl groups is 3. The van der Waals surface area contributed by atoms with Gasteiger partial charge in [-0.2, -0.15) is 0 Å². The molecule has 41 heavy (non-hydrogen) atoms. The molecule has 6 aliphatic rings. The summed E-state index contributed by atoms with van der Waals surface area (Å²) in [5, 5.41) is 35.4. The number of hydrogen-bond acceptors (Lipinski definition) is 11. The van der Waals surface area contributed by atoms with Crippen molar-refractivity contribution >= 4 is 17.7 Å². The number of epoxide rings is 1. The zero-order valence-corrected chi connectivity index (χ0v) is 23.9. The Morgan fingerprint density at radius 1 is 0.976 bits per heavy atom. The molecule has 4 aliphatic carbocycles. The van der Waals surface area contributed by atoms with E-state index in [9.17, 15) is 24.9 Å². The zero-order valence-electron chi connectivity index (χ0n) is 23.9. The van der Waals surface area contributed by atoms with E-state index in [0.717, 1.165) is 5.56 Å². The molecule has 4 saturated carbocycles. The average molecular weight is 575 g/mol. The molecule has 7 rings (SSSR count). The Kier molecular flexibility index (Phi) is 5.50. The molecule has 2 saturated heterocycles. The second-order valence-corrected chi connectivity index (χ2v) is 13.9. The van der Waals surface area contributed by atoms with Crippen molar-refractivity contribution < 1.29 is 53.1 Å². The van der Waals surface area contributed by atoms with Crippen LogP contribution in [0.15, 0.2) is 23.0 Å². The third kappa shape index (κ3) is 2.85. The minimum Gasteiger partial charge on any atom is -0.472 e. The number of esters is 2. The van der Waals surface area contributed by atoms with Gasteiger partial charge in [0, 0.05) is 42.9 Å². The molecule has 2 unspecified atom stereocenters. The number of ether oxygens (including phenoxy) is 4. The minimum absolute atomic E-state index is 0.0205. The molecule has 3 N–H and O–H groups in total. The molecule has 1 aromatic heterocycles. The van der Waals surface area contributed by atoms with Crippen LogP contribution < -0.4 is 0 Å². The van der Waals surface area contributed by atoms with Crippen molar-refractivity contribution in [2.45, 2.75) is 102 Å². The number of hydrogen-bond donors (Lipinski definition) is 3. The van der Waals surface area contributed by atoms with E-state index in [1.165, 1.54) is 13.8 Å². The molecular formula is C30H38O11. The lowest BCUT2D eigenvalue weighted by Crippen LogP contribution is -2.82. The lowest BCUT2D eigenvalue weighted by atomic mass is 9.33. The normalized spacial score (nSPS) is 54.7. The van der Waals surface area contributed by atoms with Crippen molar-refractivity contribution in [3.63, 3.8) is 0 Å². The lowest BCUT2D eigenvalue weighted by molar-refractivity contribution is -0.373. The van der Waals surface area contributed by atoms with Crippen LogP contribution in [0.5, 0.6) is 0 Å². The third-order valence-electron chi connectivity index (χ3n) is 12.6. The SMILES string of the molecule is CC(=O)O[C@@H]1C[C@H](O)[C@@]23COC(O)[C@@]1(C)C2C[C@@H](O)[C@]1(C)[C@@H]3C(=O)[C@H](OC(C)=O)[C@@]2(C)[C@H](c3ccoc3)C[C@H]3O[C@]321. The first-order valence-corrected chi connectivity index (χ1v) is 14.5. The van der Waals surface area contributed by atoms with Gasteiger partial charge in [-0.3, -0.25) is 14.4 Å². The van der Waals surface area contributed by atoms with Crippen LogP contribution in [-0.2, 0) is 33.3 Å². The maximum Gasteiger partial charge on any atom is 0.303 e. The van der Waals surface area contributed by atoms with Gasteiger partial charge in [-0.15, -0.1) is 0 Å². The topological polar surface area (TPSA) is 165 Å². The Bertz CT molecular complexity index is 1310. The highest BCUT2D eigenvalue weighted by atomic mass is 16.6. The molecule has 2 aliphatic heterocycles. The van der Waals surface area contributed by atoms with Crippen LogP contribution in [0.2, 0.25) is 0 Å². The van der Waals surface area contributed by atoms with E-state index in [0.29, 0.717) is 6.42 Å². The van der Waals surface area contributed by atoms with Crippen LogP contribution in [0.25, 0.3) is 0 Å². The van der Waals surface area contributed by atoms with E-state index < -0.39 is 87.5 Å². The van der Waals surface area contributed by atoms with E-state index in [4.69, 9.17) is 23.4 Å². The summed E-state index contributed by atoms with van der Waals surface area (Å²) in [6, 6.07) is 1.84. The van der Waals surface area contributed by atoms with Gasteiger partial charge in [-0.1, -0.05) is 20.8 Å². The van der Waals surface area contributed by atoms with Gasteiger partial charge in [0.1, 0.15) is 11.7 Å². The Hall–Kier alpha value is -2.31. The predicted molar refractivity (Wildman–Crippen MR) is 137 cm³/mol. The van der Waals surface area contributed by atoms with Gasteiger partial charge in [-0.05, 0) is 30.4 Å². The quantitative estimate of drug-likeness (QED) is 0.354. The highest BCUT2D eigenvalue weighted by Gasteiger charge is 2.92. The number of fused-ring (bicyclic) bond motifs is 1. The Labute approximate surface area is 237 Å². The fourth-order valence-corrected chi connectivity index (χ4v) is 11.0. The second-order valence-electron chi connectivity index (χ2n) is 13.9. The van der Waals surface area contributed by atoms with Crippen LogP contribution in [-0.4, -0.2) is 82.1 Å². The molecule has 0 aromatic carbocycles. The molecule has 224 valence electrons. The van der Waals surface area contributed by atoms with Crippen LogP contribution in [0, 0.1) is 33.5 Å². The Morgan fingerprint density at radius 2 is 1.68 bits per heavy atom. The van der Waals surface area contributed by atoms with Crippen molar-refractivity contribution in [1.82, 2.24) is 0 Å². The predicted octanol–water partition coefficient (Wildman–Crippen LogP) is 1.47. The lowest BCUT2D eigenvalue weighted by Gasteiger charge is -2.73. The average Bonchev–Trinajstić information content (AvgIpc) is 3.26. The van der Waals surface area contributed by atoms with Crippen molar-refractivity contribution in [3.8, 4) is 0 Å². The number of furan rings is 1. The largest absolute Gasteiger partial charge is 0.472 e. The van der Waals surface area contributed by atoms with Gasteiger partial charge >= 0.3 is 11.9 Å². The zero-order chi connectivity index (χ0) is 29.5. The van der Waals surface area contributed by atoms with E-state index in [-0.39, 0.29) is 31.5 Å². The molecule has 11 nitrogen and oxygen atoms in total. The van der Waals surface area contributed by atoms with E-state index in [2.05, 4.69) is 0 Å². The van der Waals surface area contributed by atoms with E-state index in [1.807, 2.05) is 19.9 Å². The molecule has 11 heteroatoms. The van der Waals surface area contributed by atoms with E-state index in [1.54, 1.807) is 19.5 Å². The molecule has 2 bridgehead atoms. The molecule has 0 amide bonds. The first-order valence-electron chi connectivity index (χ1n) is 14.5.